The monoisotopic (exact) mass is 264 g/mol. The molecule has 0 amide bonds. The van der Waals surface area contributed by atoms with E-state index < -0.39 is 0 Å². The Morgan fingerprint density at radius 1 is 0.950 bits per heavy atom. The minimum absolute atomic E-state index is 0.633. The Balaban J connectivity index is 1.92. The molecule has 0 aliphatic rings. The van der Waals surface area contributed by atoms with Gasteiger partial charge in [-0.15, -0.1) is 5.10 Å². The first-order chi connectivity index (χ1) is 9.75. The van der Waals surface area contributed by atoms with Crippen LogP contribution in [-0.4, -0.2) is 10.2 Å². The lowest BCUT2D eigenvalue weighted by Crippen LogP contribution is -2.06. The molecule has 0 aliphatic carbocycles. The molecule has 0 bridgehead atoms. The summed E-state index contributed by atoms with van der Waals surface area (Å²) in [5.74, 6) is 0.787. The van der Waals surface area contributed by atoms with E-state index in [2.05, 4.69) is 21.6 Å². The largest absolute Gasteiger partial charge is 0.398 e. The Kier molecular flexibility index (Phi) is 3.21. The van der Waals surface area contributed by atoms with Gasteiger partial charge in [-0.25, -0.2) is 0 Å². The molecule has 4 heteroatoms. The zero-order valence-corrected chi connectivity index (χ0v) is 11.3. The Hall–Kier alpha value is -2.62. The smallest absolute Gasteiger partial charge is 0.156 e. The molecule has 0 saturated carbocycles. The van der Waals surface area contributed by atoms with Gasteiger partial charge in [0.25, 0.3) is 0 Å². The van der Waals surface area contributed by atoms with Gasteiger partial charge in [0.05, 0.1) is 5.69 Å². The lowest BCUT2D eigenvalue weighted by atomic mass is 10.1. The number of nitrogens with zero attached hydrogens (tertiary/aromatic N) is 2. The van der Waals surface area contributed by atoms with Crippen molar-refractivity contribution >= 4 is 22.3 Å². The van der Waals surface area contributed by atoms with E-state index in [1.165, 1.54) is 0 Å². The van der Waals surface area contributed by atoms with Gasteiger partial charge in [0, 0.05) is 23.0 Å². The van der Waals surface area contributed by atoms with Crippen LogP contribution in [0.1, 0.15) is 11.3 Å². The van der Waals surface area contributed by atoms with E-state index in [1.54, 1.807) is 0 Å². The van der Waals surface area contributed by atoms with E-state index in [0.29, 0.717) is 6.54 Å². The molecule has 0 radical (unpaired) electrons. The average molecular weight is 264 g/mol. The maximum absolute atomic E-state index is 5.95. The summed E-state index contributed by atoms with van der Waals surface area (Å²) in [6.45, 7) is 2.60. The highest BCUT2D eigenvalue weighted by molar-refractivity contribution is 5.92. The molecule has 3 rings (SSSR count). The Labute approximate surface area is 117 Å². The van der Waals surface area contributed by atoms with Crippen molar-refractivity contribution in [1.29, 1.82) is 0 Å². The molecule has 0 aliphatic heterocycles. The number of para-hydroxylation sites is 1. The quantitative estimate of drug-likeness (QED) is 0.713. The molecule has 3 N–H and O–H groups in total. The summed E-state index contributed by atoms with van der Waals surface area (Å²) in [6, 6.07) is 15.9. The topological polar surface area (TPSA) is 63.8 Å². The molecule has 0 unspecified atom stereocenters. The zero-order valence-electron chi connectivity index (χ0n) is 11.3. The number of fused-ring (bicyclic) bond motifs is 1. The molecular weight excluding hydrogens is 248 g/mol. The van der Waals surface area contributed by atoms with Crippen molar-refractivity contribution in [1.82, 2.24) is 10.2 Å². The van der Waals surface area contributed by atoms with Gasteiger partial charge in [0.2, 0.25) is 0 Å². The summed E-state index contributed by atoms with van der Waals surface area (Å²) in [7, 11) is 0. The molecule has 1 aromatic heterocycles. The second-order valence-corrected chi connectivity index (χ2v) is 4.73. The van der Waals surface area contributed by atoms with Crippen LogP contribution >= 0.6 is 0 Å². The summed E-state index contributed by atoms with van der Waals surface area (Å²) in [4.78, 5) is 0. The Morgan fingerprint density at radius 3 is 2.45 bits per heavy atom. The van der Waals surface area contributed by atoms with Gasteiger partial charge in [-0.3, -0.25) is 0 Å². The average Bonchev–Trinajstić information content (AvgIpc) is 2.48. The number of benzene rings is 2. The Morgan fingerprint density at radius 2 is 1.65 bits per heavy atom. The van der Waals surface area contributed by atoms with Crippen molar-refractivity contribution in [2.75, 3.05) is 11.1 Å². The maximum atomic E-state index is 5.95. The van der Waals surface area contributed by atoms with Crippen LogP contribution in [0.4, 0.5) is 11.5 Å². The molecule has 100 valence electrons. The first-order valence-corrected chi connectivity index (χ1v) is 6.55. The number of hydrogen-bond acceptors (Lipinski definition) is 4. The van der Waals surface area contributed by atoms with E-state index in [4.69, 9.17) is 5.73 Å². The third-order valence-electron chi connectivity index (χ3n) is 3.37. The van der Waals surface area contributed by atoms with E-state index in [0.717, 1.165) is 33.5 Å². The van der Waals surface area contributed by atoms with E-state index in [-0.39, 0.29) is 0 Å². The fourth-order valence-corrected chi connectivity index (χ4v) is 2.24. The van der Waals surface area contributed by atoms with Gasteiger partial charge < -0.3 is 11.1 Å². The lowest BCUT2D eigenvalue weighted by Gasteiger charge is -2.10. The number of hydrogen-bond donors (Lipinski definition) is 2. The van der Waals surface area contributed by atoms with Crippen LogP contribution in [0.3, 0.4) is 0 Å². The lowest BCUT2D eigenvalue weighted by molar-refractivity contribution is 0.983. The van der Waals surface area contributed by atoms with Crippen molar-refractivity contribution < 1.29 is 0 Å². The normalized spacial score (nSPS) is 10.7. The van der Waals surface area contributed by atoms with Crippen LogP contribution < -0.4 is 11.1 Å². The van der Waals surface area contributed by atoms with Crippen molar-refractivity contribution in [2.24, 2.45) is 0 Å². The van der Waals surface area contributed by atoms with Gasteiger partial charge in [-0.1, -0.05) is 42.5 Å². The summed E-state index contributed by atoms with van der Waals surface area (Å²) in [6.07, 6.45) is 0. The van der Waals surface area contributed by atoms with Crippen LogP contribution in [0.25, 0.3) is 10.8 Å². The highest BCUT2D eigenvalue weighted by Crippen LogP contribution is 2.23. The van der Waals surface area contributed by atoms with E-state index in [9.17, 15) is 0 Å². The van der Waals surface area contributed by atoms with Crippen LogP contribution in [0.5, 0.6) is 0 Å². The Bertz CT molecular complexity index is 752. The number of aryl methyl sites for hydroxylation is 1. The molecule has 0 atom stereocenters. The first-order valence-electron chi connectivity index (χ1n) is 6.55. The molecule has 1 heterocycles. The fourth-order valence-electron chi connectivity index (χ4n) is 2.24. The summed E-state index contributed by atoms with van der Waals surface area (Å²) in [5.41, 5.74) is 8.72. The van der Waals surface area contributed by atoms with Crippen molar-refractivity contribution in [2.45, 2.75) is 13.5 Å². The van der Waals surface area contributed by atoms with Gasteiger partial charge in [-0.2, -0.15) is 5.10 Å². The van der Waals surface area contributed by atoms with Crippen LogP contribution in [-0.2, 0) is 6.54 Å². The second kappa shape index (κ2) is 5.17. The standard InChI is InChI=1S/C16H16N4/c1-11-13-7-3-4-8-14(13)16(20-19-11)18-10-12-6-2-5-9-15(12)17/h2-9H,10,17H2,1H3,(H,18,20). The second-order valence-electron chi connectivity index (χ2n) is 4.73. The third-order valence-corrected chi connectivity index (χ3v) is 3.37. The van der Waals surface area contributed by atoms with E-state index >= 15 is 0 Å². The fraction of sp³-hybridized carbons (Fsp3) is 0.125. The number of rotatable bonds is 3. The number of nitrogens with one attached hydrogen (secondary N) is 1. The van der Waals surface area contributed by atoms with E-state index in [1.807, 2.05) is 49.4 Å². The number of nitrogen functional groups attached to an aromatic ring is 1. The summed E-state index contributed by atoms with van der Waals surface area (Å²) >= 11 is 0. The molecule has 0 fully saturated rings. The molecule has 20 heavy (non-hydrogen) atoms. The minimum Gasteiger partial charge on any atom is -0.398 e. The van der Waals surface area contributed by atoms with Gasteiger partial charge in [0.1, 0.15) is 0 Å². The molecular formula is C16H16N4. The molecule has 0 saturated heterocycles. The highest BCUT2D eigenvalue weighted by Gasteiger charge is 2.06. The van der Waals surface area contributed by atoms with Crippen molar-refractivity contribution in [3.05, 3.63) is 59.8 Å². The number of nitrogens with two attached hydrogens (primary N) is 1. The van der Waals surface area contributed by atoms with Crippen LogP contribution in [0.2, 0.25) is 0 Å². The van der Waals surface area contributed by atoms with Gasteiger partial charge in [-0.05, 0) is 18.6 Å². The third kappa shape index (κ3) is 2.28. The van der Waals surface area contributed by atoms with Gasteiger partial charge >= 0.3 is 0 Å². The highest BCUT2D eigenvalue weighted by atomic mass is 15.2. The maximum Gasteiger partial charge on any atom is 0.156 e. The van der Waals surface area contributed by atoms with Gasteiger partial charge in [0.15, 0.2) is 5.82 Å². The van der Waals surface area contributed by atoms with Crippen molar-refractivity contribution in [3.63, 3.8) is 0 Å². The number of aromatic nitrogens is 2. The first kappa shape index (κ1) is 12.4. The molecule has 0 spiro atoms. The van der Waals surface area contributed by atoms with Crippen LogP contribution in [0, 0.1) is 6.92 Å². The molecule has 4 nitrogen and oxygen atoms in total. The molecule has 2 aromatic carbocycles. The summed E-state index contributed by atoms with van der Waals surface area (Å²) in [5, 5.41) is 14.0. The SMILES string of the molecule is Cc1nnc(NCc2ccccc2N)c2ccccc12. The number of anilines is 2. The molecule has 3 aromatic rings. The summed E-state index contributed by atoms with van der Waals surface area (Å²) < 4.78 is 0. The van der Waals surface area contributed by atoms with Crippen molar-refractivity contribution in [3.8, 4) is 0 Å². The predicted octanol–water partition coefficient (Wildman–Crippen LogP) is 3.13. The minimum atomic E-state index is 0.633. The zero-order chi connectivity index (χ0) is 13.9. The van der Waals surface area contributed by atoms with Crippen LogP contribution in [0.15, 0.2) is 48.5 Å². The predicted molar refractivity (Wildman–Crippen MR) is 82.5 cm³/mol.